The zero-order valence-electron chi connectivity index (χ0n) is 17.0. The maximum atomic E-state index is 13.4. The number of carbonyl (C=O) groups is 1. The fourth-order valence-corrected chi connectivity index (χ4v) is 4.04. The van der Waals surface area contributed by atoms with E-state index in [-0.39, 0.29) is 11.9 Å². The minimum atomic E-state index is -0.0623. The van der Waals surface area contributed by atoms with Crippen LogP contribution in [-0.4, -0.2) is 42.1 Å². The molecule has 1 saturated heterocycles. The largest absolute Gasteiger partial charge is 0.330 e. The molecule has 0 radical (unpaired) electrons. The molecule has 1 fully saturated rings. The minimum absolute atomic E-state index is 0.0304. The van der Waals surface area contributed by atoms with Crippen molar-refractivity contribution in [3.63, 3.8) is 0 Å². The van der Waals surface area contributed by atoms with E-state index in [4.69, 9.17) is 4.98 Å². The van der Waals surface area contributed by atoms with Gasteiger partial charge in [-0.1, -0.05) is 18.2 Å². The van der Waals surface area contributed by atoms with Crippen LogP contribution in [0.3, 0.4) is 0 Å². The molecule has 5 rings (SSSR count). The number of likely N-dealkylation sites (tertiary alicyclic amines) is 1. The quantitative estimate of drug-likeness (QED) is 0.501. The fraction of sp³-hybridized carbons (Fsp3) is 0.208. The first kappa shape index (κ1) is 19.1. The number of hydrogen-bond donors (Lipinski definition) is 0. The summed E-state index contributed by atoms with van der Waals surface area (Å²) in [6.07, 6.45) is 8.98. The molecule has 0 unspecified atom stereocenters. The summed E-state index contributed by atoms with van der Waals surface area (Å²) < 4.78 is 1.85. The maximum absolute atomic E-state index is 13.4. The second-order valence-corrected chi connectivity index (χ2v) is 7.58. The molecule has 31 heavy (non-hydrogen) atoms. The van der Waals surface area contributed by atoms with Gasteiger partial charge in [-0.2, -0.15) is 5.10 Å². The zero-order valence-corrected chi connectivity index (χ0v) is 17.0. The van der Waals surface area contributed by atoms with Gasteiger partial charge < -0.3 is 4.90 Å². The summed E-state index contributed by atoms with van der Waals surface area (Å²) in [7, 11) is 0. The van der Waals surface area contributed by atoms with Gasteiger partial charge >= 0.3 is 0 Å². The normalized spacial score (nSPS) is 15.9. The van der Waals surface area contributed by atoms with Crippen molar-refractivity contribution in [2.75, 3.05) is 6.54 Å². The number of pyridine rings is 1. The van der Waals surface area contributed by atoms with Crippen LogP contribution in [0.1, 0.15) is 40.5 Å². The monoisotopic (exact) mass is 410 g/mol. The average molecular weight is 410 g/mol. The summed E-state index contributed by atoms with van der Waals surface area (Å²) in [5, 5.41) is 4.25. The van der Waals surface area contributed by atoms with E-state index < -0.39 is 0 Å². The van der Waals surface area contributed by atoms with Gasteiger partial charge in [-0.3, -0.25) is 14.5 Å². The van der Waals surface area contributed by atoms with E-state index in [0.717, 1.165) is 36.3 Å². The van der Waals surface area contributed by atoms with Gasteiger partial charge in [0.1, 0.15) is 5.69 Å². The molecular formula is C24H22N6O. The Kier molecular flexibility index (Phi) is 5.22. The molecule has 154 valence electrons. The first-order valence-electron chi connectivity index (χ1n) is 10.4. The number of rotatable bonds is 5. The first-order chi connectivity index (χ1) is 15.3. The highest BCUT2D eigenvalue weighted by Crippen LogP contribution is 2.32. The van der Waals surface area contributed by atoms with Crippen molar-refractivity contribution >= 4 is 5.91 Å². The highest BCUT2D eigenvalue weighted by Gasteiger charge is 2.32. The lowest BCUT2D eigenvalue weighted by molar-refractivity contribution is 0.0732. The van der Waals surface area contributed by atoms with Crippen LogP contribution < -0.4 is 0 Å². The number of amides is 1. The van der Waals surface area contributed by atoms with Crippen LogP contribution in [0.4, 0.5) is 0 Å². The molecular weight excluding hydrogens is 388 g/mol. The highest BCUT2D eigenvalue weighted by molar-refractivity contribution is 5.94. The average Bonchev–Trinajstić information content (AvgIpc) is 3.52. The molecule has 1 atom stereocenters. The van der Waals surface area contributed by atoms with Gasteiger partial charge in [-0.25, -0.2) is 9.97 Å². The Bertz CT molecular complexity index is 1180. The molecule has 7 heteroatoms. The third-order valence-corrected chi connectivity index (χ3v) is 5.50. The van der Waals surface area contributed by atoms with Crippen LogP contribution in [0.2, 0.25) is 0 Å². The fourth-order valence-electron chi connectivity index (χ4n) is 4.04. The molecule has 0 bridgehead atoms. The van der Waals surface area contributed by atoms with E-state index in [0.29, 0.717) is 17.9 Å². The molecule has 1 amide bonds. The molecule has 4 aromatic rings. The van der Waals surface area contributed by atoms with Gasteiger partial charge in [0.25, 0.3) is 5.91 Å². The van der Waals surface area contributed by atoms with Gasteiger partial charge in [0.15, 0.2) is 5.82 Å². The smallest absolute Gasteiger partial charge is 0.254 e. The number of benzene rings is 1. The van der Waals surface area contributed by atoms with Gasteiger partial charge in [-0.15, -0.1) is 0 Å². The zero-order chi connectivity index (χ0) is 21.0. The van der Waals surface area contributed by atoms with E-state index in [1.165, 1.54) is 0 Å². The van der Waals surface area contributed by atoms with E-state index in [9.17, 15) is 4.79 Å². The summed E-state index contributed by atoms with van der Waals surface area (Å²) in [6, 6.07) is 17.2. The van der Waals surface area contributed by atoms with E-state index in [1.54, 1.807) is 18.6 Å². The summed E-state index contributed by atoms with van der Waals surface area (Å²) >= 11 is 0. The van der Waals surface area contributed by atoms with E-state index >= 15 is 0 Å². The second kappa shape index (κ2) is 8.47. The van der Waals surface area contributed by atoms with Gasteiger partial charge in [0.05, 0.1) is 18.3 Å². The Morgan fingerprint density at radius 3 is 2.81 bits per heavy atom. The topological polar surface area (TPSA) is 76.8 Å². The van der Waals surface area contributed by atoms with Crippen molar-refractivity contribution in [3.05, 3.63) is 96.2 Å². The van der Waals surface area contributed by atoms with Crippen molar-refractivity contribution in [1.82, 2.24) is 29.6 Å². The van der Waals surface area contributed by atoms with Gasteiger partial charge in [0, 0.05) is 36.9 Å². The maximum Gasteiger partial charge on any atom is 0.254 e. The van der Waals surface area contributed by atoms with Crippen molar-refractivity contribution < 1.29 is 4.79 Å². The number of carbonyl (C=O) groups excluding carboxylic acids is 1. The van der Waals surface area contributed by atoms with Crippen LogP contribution in [0.15, 0.2) is 79.4 Å². The first-order valence-corrected chi connectivity index (χ1v) is 10.4. The summed E-state index contributed by atoms with van der Waals surface area (Å²) in [5.41, 5.74) is 3.32. The van der Waals surface area contributed by atoms with Crippen molar-refractivity contribution in [2.45, 2.75) is 25.4 Å². The number of aromatic nitrogens is 5. The Morgan fingerprint density at radius 1 is 1.00 bits per heavy atom. The van der Waals surface area contributed by atoms with Crippen LogP contribution in [0.25, 0.3) is 11.5 Å². The van der Waals surface area contributed by atoms with Crippen LogP contribution in [-0.2, 0) is 6.54 Å². The van der Waals surface area contributed by atoms with Gasteiger partial charge in [-0.05, 0) is 54.8 Å². The predicted octanol–water partition coefficient (Wildman–Crippen LogP) is 3.76. The molecule has 7 nitrogen and oxygen atoms in total. The van der Waals surface area contributed by atoms with Crippen LogP contribution >= 0.6 is 0 Å². The Balaban J connectivity index is 1.39. The summed E-state index contributed by atoms with van der Waals surface area (Å²) in [5.74, 6) is 0.612. The van der Waals surface area contributed by atoms with Crippen molar-refractivity contribution in [2.24, 2.45) is 0 Å². The van der Waals surface area contributed by atoms with Crippen LogP contribution in [0, 0.1) is 0 Å². The van der Waals surface area contributed by atoms with Crippen LogP contribution in [0.5, 0.6) is 0 Å². The third-order valence-electron chi connectivity index (χ3n) is 5.50. The summed E-state index contributed by atoms with van der Waals surface area (Å²) in [6.45, 7) is 1.35. The highest BCUT2D eigenvalue weighted by atomic mass is 16.2. The molecule has 1 aromatic carbocycles. The molecule has 1 aliphatic rings. The van der Waals surface area contributed by atoms with Gasteiger partial charge in [0.2, 0.25) is 0 Å². The lowest BCUT2D eigenvalue weighted by atomic mass is 10.1. The lowest BCUT2D eigenvalue weighted by Crippen LogP contribution is -2.31. The molecule has 0 aliphatic carbocycles. The summed E-state index contributed by atoms with van der Waals surface area (Å²) in [4.78, 5) is 28.8. The SMILES string of the molecule is O=C(c1cccc(Cn2cccn2)c1)N1CCC[C@H]1c1ccnc(-c2ccccn2)n1. The molecule has 3 aromatic heterocycles. The number of nitrogens with zero attached hydrogens (tertiary/aromatic N) is 6. The molecule has 1 aliphatic heterocycles. The third kappa shape index (κ3) is 4.07. The Morgan fingerprint density at radius 2 is 1.97 bits per heavy atom. The molecule has 4 heterocycles. The van der Waals surface area contributed by atoms with E-state index in [2.05, 4.69) is 15.1 Å². The number of hydrogen-bond acceptors (Lipinski definition) is 5. The Hall–Kier alpha value is -3.87. The minimum Gasteiger partial charge on any atom is -0.330 e. The van der Waals surface area contributed by atoms with Crippen molar-refractivity contribution in [1.29, 1.82) is 0 Å². The molecule has 0 N–H and O–H groups in total. The Labute approximate surface area is 180 Å². The van der Waals surface area contributed by atoms with E-state index in [1.807, 2.05) is 70.4 Å². The lowest BCUT2D eigenvalue weighted by Gasteiger charge is -2.25. The molecule has 0 spiro atoms. The predicted molar refractivity (Wildman–Crippen MR) is 116 cm³/mol. The van der Waals surface area contributed by atoms with Crippen molar-refractivity contribution in [3.8, 4) is 11.5 Å². The molecule has 0 saturated carbocycles. The standard InChI is InChI=1S/C24H22N6O/c31-24(19-7-3-6-18(16-19)17-29-14-5-12-27-29)30-15-4-9-22(30)20-10-13-26-23(28-20)21-8-1-2-11-25-21/h1-3,5-8,10-14,16,22H,4,9,15,17H2/t22-/m0/s1. The second-order valence-electron chi connectivity index (χ2n) is 7.58.